The number of hydrogen-bond donors (Lipinski definition) is 0. The molecular weight excluding hydrogens is 527 g/mol. The number of piperidine rings is 1. The Morgan fingerprint density at radius 3 is 2.13 bits per heavy atom. The number of benzene rings is 2. The molecule has 0 N–H and O–H groups in total. The fourth-order valence-electron chi connectivity index (χ4n) is 5.48. The standard InChI is InChI=1S/C29H34F3N3O3S/c30-29(31,32)26-21-28(36)38-27-10-7-23(20-25(26)27)19-22-5-8-24(9-6-22)39(37)35-17-15-34(16-18-35)14-4-13-33-11-2-1-3-12-33/h5-10,20-21H,1-4,11-19H2. The third-order valence-electron chi connectivity index (χ3n) is 7.61. The van der Waals surface area contributed by atoms with E-state index in [0.717, 1.165) is 49.7 Å². The minimum atomic E-state index is -4.66. The van der Waals surface area contributed by atoms with E-state index in [-0.39, 0.29) is 11.0 Å². The van der Waals surface area contributed by atoms with E-state index in [2.05, 4.69) is 9.80 Å². The van der Waals surface area contributed by atoms with Crippen LogP contribution in [0.15, 0.2) is 62.6 Å². The van der Waals surface area contributed by atoms with Crippen molar-refractivity contribution < 1.29 is 22.1 Å². The zero-order valence-corrected chi connectivity index (χ0v) is 22.7. The maximum Gasteiger partial charge on any atom is 0.417 e. The molecule has 6 nitrogen and oxygen atoms in total. The highest BCUT2D eigenvalue weighted by Crippen LogP contribution is 2.34. The highest BCUT2D eigenvalue weighted by atomic mass is 32.2. The largest absolute Gasteiger partial charge is 0.593 e. The second-order valence-electron chi connectivity index (χ2n) is 10.4. The quantitative estimate of drug-likeness (QED) is 0.288. The van der Waals surface area contributed by atoms with E-state index in [4.69, 9.17) is 4.42 Å². The first-order valence-corrected chi connectivity index (χ1v) is 14.7. The molecule has 0 radical (unpaired) electrons. The van der Waals surface area contributed by atoms with Crippen LogP contribution in [-0.4, -0.2) is 71.0 Å². The normalized spacial score (nSPS) is 19.0. The summed E-state index contributed by atoms with van der Waals surface area (Å²) in [6, 6.07) is 12.4. The lowest BCUT2D eigenvalue weighted by Gasteiger charge is -2.34. The Kier molecular flexibility index (Phi) is 8.98. The van der Waals surface area contributed by atoms with Gasteiger partial charge in [-0.15, -0.1) is 4.31 Å². The van der Waals surface area contributed by atoms with E-state index in [1.54, 1.807) is 6.07 Å². The van der Waals surface area contributed by atoms with Gasteiger partial charge in [-0.05, 0) is 87.3 Å². The molecule has 1 unspecified atom stereocenters. The monoisotopic (exact) mass is 561 g/mol. The molecule has 2 aliphatic heterocycles. The van der Waals surface area contributed by atoms with Gasteiger partial charge in [0, 0.05) is 24.5 Å². The van der Waals surface area contributed by atoms with Gasteiger partial charge in [-0.1, -0.05) is 24.6 Å². The van der Waals surface area contributed by atoms with Gasteiger partial charge >= 0.3 is 11.8 Å². The van der Waals surface area contributed by atoms with E-state index in [1.165, 1.54) is 50.9 Å². The minimum Gasteiger partial charge on any atom is -0.593 e. The van der Waals surface area contributed by atoms with Gasteiger partial charge in [-0.3, -0.25) is 0 Å². The molecule has 3 aromatic rings. The van der Waals surface area contributed by atoms with E-state index in [1.807, 2.05) is 28.6 Å². The average Bonchev–Trinajstić information content (AvgIpc) is 2.93. The highest BCUT2D eigenvalue weighted by molar-refractivity contribution is 7.89. The Morgan fingerprint density at radius 2 is 1.46 bits per heavy atom. The van der Waals surface area contributed by atoms with Crippen molar-refractivity contribution in [2.45, 2.75) is 43.2 Å². The zero-order valence-electron chi connectivity index (χ0n) is 21.9. The van der Waals surface area contributed by atoms with Crippen LogP contribution in [0.1, 0.15) is 42.4 Å². The fourth-order valence-corrected chi connectivity index (χ4v) is 6.64. The Morgan fingerprint density at radius 1 is 0.821 bits per heavy atom. The molecule has 0 spiro atoms. The predicted molar refractivity (Wildman–Crippen MR) is 146 cm³/mol. The van der Waals surface area contributed by atoms with Crippen molar-refractivity contribution in [1.82, 2.24) is 14.1 Å². The lowest BCUT2D eigenvalue weighted by Crippen LogP contribution is -2.49. The van der Waals surface area contributed by atoms with Crippen molar-refractivity contribution in [1.29, 1.82) is 0 Å². The molecular formula is C29H34F3N3O3S. The number of piperazine rings is 1. The molecule has 5 rings (SSSR count). The van der Waals surface area contributed by atoms with Gasteiger partial charge in [0.05, 0.1) is 30.0 Å². The Hall–Kier alpha value is -2.37. The summed E-state index contributed by atoms with van der Waals surface area (Å²) in [6.07, 6.45) is 0.911. The van der Waals surface area contributed by atoms with Crippen molar-refractivity contribution in [3.8, 4) is 0 Å². The first-order chi connectivity index (χ1) is 18.8. The zero-order chi connectivity index (χ0) is 27.4. The SMILES string of the molecule is O=c1cc(C(F)(F)F)c2cc(Cc3ccc([S+]([O-])N4CCN(CCCN5CCCCC5)CC4)cc3)ccc2o1. The fraction of sp³-hybridized carbons (Fsp3) is 0.483. The third kappa shape index (κ3) is 7.24. The molecule has 1 atom stereocenters. The molecule has 3 heterocycles. The number of halogens is 3. The molecule has 2 fully saturated rings. The van der Waals surface area contributed by atoms with Crippen molar-refractivity contribution in [2.75, 3.05) is 52.4 Å². The molecule has 0 amide bonds. The van der Waals surface area contributed by atoms with Crippen molar-refractivity contribution in [2.24, 2.45) is 0 Å². The lowest BCUT2D eigenvalue weighted by atomic mass is 10.0. The molecule has 2 aromatic carbocycles. The third-order valence-corrected chi connectivity index (χ3v) is 9.12. The summed E-state index contributed by atoms with van der Waals surface area (Å²) in [4.78, 5) is 17.3. The number of alkyl halides is 3. The van der Waals surface area contributed by atoms with Crippen LogP contribution in [0.3, 0.4) is 0 Å². The number of rotatable bonds is 8. The molecule has 10 heteroatoms. The van der Waals surface area contributed by atoms with E-state index in [0.29, 0.717) is 18.1 Å². The van der Waals surface area contributed by atoms with Gasteiger partial charge in [-0.2, -0.15) is 13.2 Å². The van der Waals surface area contributed by atoms with Crippen LogP contribution in [0.25, 0.3) is 11.0 Å². The lowest BCUT2D eigenvalue weighted by molar-refractivity contribution is -0.136. The average molecular weight is 562 g/mol. The Labute approximate surface area is 229 Å². The molecule has 0 bridgehead atoms. The summed E-state index contributed by atoms with van der Waals surface area (Å²) < 4.78 is 60.5. The second-order valence-corrected chi connectivity index (χ2v) is 11.9. The van der Waals surface area contributed by atoms with Crippen molar-refractivity contribution in [3.05, 3.63) is 75.6 Å². The predicted octanol–water partition coefficient (Wildman–Crippen LogP) is 4.92. The second kappa shape index (κ2) is 12.4. The molecule has 210 valence electrons. The molecule has 39 heavy (non-hydrogen) atoms. The van der Waals surface area contributed by atoms with Gasteiger partial charge < -0.3 is 18.8 Å². The number of likely N-dealkylation sites (tertiary alicyclic amines) is 1. The molecule has 2 aliphatic rings. The van der Waals surface area contributed by atoms with Gasteiger partial charge in [0.1, 0.15) is 5.58 Å². The van der Waals surface area contributed by atoms with Crippen LogP contribution in [0.5, 0.6) is 0 Å². The van der Waals surface area contributed by atoms with Crippen LogP contribution in [0, 0.1) is 0 Å². The summed E-state index contributed by atoms with van der Waals surface area (Å²) >= 11 is -1.25. The minimum absolute atomic E-state index is 0.0913. The maximum absolute atomic E-state index is 13.5. The van der Waals surface area contributed by atoms with Gasteiger partial charge in [-0.25, -0.2) is 4.79 Å². The first kappa shape index (κ1) is 28.2. The van der Waals surface area contributed by atoms with Crippen molar-refractivity contribution >= 4 is 22.3 Å². The summed E-state index contributed by atoms with van der Waals surface area (Å²) in [7, 11) is 0. The van der Waals surface area contributed by atoms with Gasteiger partial charge in [0.25, 0.3) is 0 Å². The van der Waals surface area contributed by atoms with Crippen LogP contribution < -0.4 is 5.63 Å². The van der Waals surface area contributed by atoms with Crippen LogP contribution in [0.2, 0.25) is 0 Å². The molecule has 2 saturated heterocycles. The molecule has 0 saturated carbocycles. The van der Waals surface area contributed by atoms with E-state index < -0.39 is 28.7 Å². The number of fused-ring (bicyclic) bond motifs is 1. The summed E-state index contributed by atoms with van der Waals surface area (Å²) in [5, 5.41) is -0.136. The molecule has 0 aliphatic carbocycles. The Bertz CT molecular complexity index is 1300. The first-order valence-electron chi connectivity index (χ1n) is 13.6. The maximum atomic E-state index is 13.5. The van der Waals surface area contributed by atoms with Crippen LogP contribution in [0.4, 0.5) is 13.2 Å². The smallest absolute Gasteiger partial charge is 0.417 e. The van der Waals surface area contributed by atoms with E-state index in [9.17, 15) is 22.5 Å². The highest BCUT2D eigenvalue weighted by Gasteiger charge is 2.34. The van der Waals surface area contributed by atoms with Gasteiger partial charge in [0.15, 0.2) is 4.90 Å². The van der Waals surface area contributed by atoms with Crippen molar-refractivity contribution in [3.63, 3.8) is 0 Å². The van der Waals surface area contributed by atoms with E-state index >= 15 is 0 Å². The summed E-state index contributed by atoms with van der Waals surface area (Å²) in [5.74, 6) is 0. The number of hydrogen-bond acceptors (Lipinski definition) is 6. The van der Waals surface area contributed by atoms with Crippen LogP contribution in [-0.2, 0) is 24.0 Å². The molecule has 1 aromatic heterocycles. The summed E-state index contributed by atoms with van der Waals surface area (Å²) in [5.41, 5.74) is -0.568. The topological polar surface area (TPSA) is 63.0 Å². The Balaban J connectivity index is 1.15. The number of nitrogens with zero attached hydrogens (tertiary/aromatic N) is 3. The van der Waals surface area contributed by atoms with Gasteiger partial charge in [0.2, 0.25) is 0 Å². The van der Waals surface area contributed by atoms with Crippen LogP contribution >= 0.6 is 0 Å². The summed E-state index contributed by atoms with van der Waals surface area (Å²) in [6.45, 7) is 8.03.